The number of ether oxygens (including phenoxy) is 1. The van der Waals surface area contributed by atoms with Gasteiger partial charge in [0.25, 0.3) is 11.8 Å². The average molecular weight is 448 g/mol. The highest BCUT2D eigenvalue weighted by Crippen LogP contribution is 2.35. The third-order valence-electron chi connectivity index (χ3n) is 5.46. The molecule has 5 nitrogen and oxygen atoms in total. The van der Waals surface area contributed by atoms with Crippen LogP contribution in [-0.4, -0.2) is 18.4 Å². The van der Waals surface area contributed by atoms with Crippen molar-refractivity contribution < 1.29 is 23.1 Å². The van der Waals surface area contributed by atoms with Crippen molar-refractivity contribution in [2.24, 2.45) is 0 Å². The van der Waals surface area contributed by atoms with Gasteiger partial charge in [-0.15, -0.1) is 0 Å². The molecule has 33 heavy (non-hydrogen) atoms. The lowest BCUT2D eigenvalue weighted by Crippen LogP contribution is -2.33. The molecule has 0 aromatic heterocycles. The van der Waals surface area contributed by atoms with E-state index >= 15 is 0 Å². The molecule has 1 N–H and O–H groups in total. The molecule has 0 saturated heterocycles. The van der Waals surface area contributed by atoms with Crippen LogP contribution in [0.4, 0.5) is 20.2 Å². The molecule has 0 atom stereocenters. The van der Waals surface area contributed by atoms with Crippen molar-refractivity contribution in [3.05, 3.63) is 94.7 Å². The van der Waals surface area contributed by atoms with E-state index in [0.29, 0.717) is 28.5 Å². The number of amides is 2. The smallest absolute Gasteiger partial charge is 0.282 e. The summed E-state index contributed by atoms with van der Waals surface area (Å²) >= 11 is 0. The monoisotopic (exact) mass is 448 g/mol. The lowest BCUT2D eigenvalue weighted by molar-refractivity contribution is -0.120. The molecule has 168 valence electrons. The molecule has 3 aromatic rings. The van der Waals surface area contributed by atoms with Crippen molar-refractivity contribution in [3.63, 3.8) is 0 Å². The van der Waals surface area contributed by atoms with Crippen molar-refractivity contribution in [1.82, 2.24) is 0 Å². The highest BCUT2D eigenvalue weighted by atomic mass is 19.1. The molecule has 0 radical (unpaired) electrons. The Labute approximate surface area is 190 Å². The summed E-state index contributed by atoms with van der Waals surface area (Å²) < 4.78 is 33.8. The molecule has 4 rings (SSSR count). The van der Waals surface area contributed by atoms with Crippen molar-refractivity contribution >= 4 is 28.8 Å². The normalized spacial score (nSPS) is 13.7. The molecule has 0 saturated carbocycles. The molecule has 1 heterocycles. The van der Waals surface area contributed by atoms with E-state index in [1.807, 2.05) is 32.9 Å². The molecular weight excluding hydrogens is 426 g/mol. The van der Waals surface area contributed by atoms with E-state index in [9.17, 15) is 18.4 Å². The minimum absolute atomic E-state index is 0.0175. The predicted octanol–water partition coefficient (Wildman–Crippen LogP) is 5.38. The van der Waals surface area contributed by atoms with Gasteiger partial charge in [-0.05, 0) is 73.9 Å². The van der Waals surface area contributed by atoms with E-state index < -0.39 is 29.1 Å². The summed E-state index contributed by atoms with van der Waals surface area (Å²) in [6.45, 7) is 6.22. The van der Waals surface area contributed by atoms with Crippen LogP contribution in [0.2, 0.25) is 0 Å². The molecule has 1 aliphatic heterocycles. The summed E-state index contributed by atoms with van der Waals surface area (Å²) in [5, 5.41) is 3.03. The molecule has 2 amide bonds. The number of aryl methyl sites for hydroxylation is 2. The first-order valence-corrected chi connectivity index (χ1v) is 10.5. The minimum Gasteiger partial charge on any atom is -0.494 e. The Bertz CT molecular complexity index is 1280. The van der Waals surface area contributed by atoms with E-state index in [2.05, 4.69) is 5.32 Å². The molecule has 0 spiro atoms. The van der Waals surface area contributed by atoms with Crippen LogP contribution < -0.4 is 15.0 Å². The van der Waals surface area contributed by atoms with E-state index in [1.54, 1.807) is 30.3 Å². The van der Waals surface area contributed by atoms with Crippen LogP contribution in [0.5, 0.6) is 5.75 Å². The summed E-state index contributed by atoms with van der Waals surface area (Å²) in [4.78, 5) is 27.4. The summed E-state index contributed by atoms with van der Waals surface area (Å²) in [6.07, 6.45) is 0. The van der Waals surface area contributed by atoms with Crippen molar-refractivity contribution in [1.29, 1.82) is 0 Å². The number of carbonyl (C=O) groups is 2. The number of benzene rings is 3. The Kier molecular flexibility index (Phi) is 5.96. The zero-order valence-electron chi connectivity index (χ0n) is 18.4. The maximum atomic E-state index is 14.5. The SMILES string of the molecule is CCOc1ccc(C2=C(Nc3ccc(C)c(C)c3)C(=O)N(c3cc(F)ccc3F)C2=O)cc1. The molecule has 0 bridgehead atoms. The average Bonchev–Trinajstić information content (AvgIpc) is 3.03. The highest BCUT2D eigenvalue weighted by Gasteiger charge is 2.41. The Hall–Kier alpha value is -4.00. The van der Waals surface area contributed by atoms with Crippen LogP contribution in [0.15, 0.2) is 66.4 Å². The number of nitrogens with zero attached hydrogens (tertiary/aromatic N) is 1. The fourth-order valence-electron chi connectivity index (χ4n) is 3.64. The second-order valence-corrected chi connectivity index (χ2v) is 7.67. The maximum absolute atomic E-state index is 14.5. The quantitative estimate of drug-likeness (QED) is 0.515. The molecule has 3 aromatic carbocycles. The Balaban J connectivity index is 1.83. The van der Waals surface area contributed by atoms with Crippen LogP contribution in [0.3, 0.4) is 0 Å². The van der Waals surface area contributed by atoms with Gasteiger partial charge in [-0.1, -0.05) is 18.2 Å². The topological polar surface area (TPSA) is 58.6 Å². The Morgan fingerprint density at radius 3 is 2.27 bits per heavy atom. The molecule has 1 aliphatic rings. The largest absolute Gasteiger partial charge is 0.494 e. The van der Waals surface area contributed by atoms with Gasteiger partial charge in [0.1, 0.15) is 23.1 Å². The van der Waals surface area contributed by atoms with Gasteiger partial charge < -0.3 is 10.1 Å². The van der Waals surface area contributed by atoms with Gasteiger partial charge in [-0.3, -0.25) is 9.59 Å². The second-order valence-electron chi connectivity index (χ2n) is 7.67. The zero-order valence-corrected chi connectivity index (χ0v) is 18.4. The number of imide groups is 1. The number of hydrogen-bond donors (Lipinski definition) is 1. The van der Waals surface area contributed by atoms with E-state index in [0.717, 1.165) is 29.3 Å². The number of halogens is 2. The third kappa shape index (κ3) is 4.22. The highest BCUT2D eigenvalue weighted by molar-refractivity contribution is 6.46. The molecule has 7 heteroatoms. The summed E-state index contributed by atoms with van der Waals surface area (Å²) in [5.74, 6) is -2.55. The molecule has 0 aliphatic carbocycles. The summed E-state index contributed by atoms with van der Waals surface area (Å²) in [6, 6.07) is 14.8. The maximum Gasteiger partial charge on any atom is 0.282 e. The van der Waals surface area contributed by atoms with Gasteiger partial charge in [0.2, 0.25) is 0 Å². The lowest BCUT2D eigenvalue weighted by Gasteiger charge is -2.16. The number of carbonyl (C=O) groups excluding carboxylic acids is 2. The summed E-state index contributed by atoms with van der Waals surface area (Å²) in [7, 11) is 0. The van der Waals surface area contributed by atoms with Crippen LogP contribution in [0.25, 0.3) is 5.57 Å². The first kappa shape index (κ1) is 22.2. The zero-order chi connectivity index (χ0) is 23.7. The van der Waals surface area contributed by atoms with E-state index in [1.165, 1.54) is 0 Å². The lowest BCUT2D eigenvalue weighted by atomic mass is 10.0. The van der Waals surface area contributed by atoms with Crippen molar-refractivity contribution in [3.8, 4) is 5.75 Å². The summed E-state index contributed by atoms with van der Waals surface area (Å²) in [5.41, 5.74) is 2.71. The van der Waals surface area contributed by atoms with Crippen LogP contribution in [0, 0.1) is 25.5 Å². The fraction of sp³-hybridized carbons (Fsp3) is 0.154. The first-order valence-electron chi connectivity index (χ1n) is 10.5. The third-order valence-corrected chi connectivity index (χ3v) is 5.46. The van der Waals surface area contributed by atoms with Gasteiger partial charge in [0.15, 0.2) is 0 Å². The van der Waals surface area contributed by atoms with Gasteiger partial charge >= 0.3 is 0 Å². The predicted molar refractivity (Wildman–Crippen MR) is 123 cm³/mol. The molecule has 0 fully saturated rings. The fourth-order valence-corrected chi connectivity index (χ4v) is 3.64. The van der Waals surface area contributed by atoms with Crippen LogP contribution >= 0.6 is 0 Å². The van der Waals surface area contributed by atoms with Crippen LogP contribution in [-0.2, 0) is 9.59 Å². The van der Waals surface area contributed by atoms with Crippen molar-refractivity contribution in [2.75, 3.05) is 16.8 Å². The van der Waals surface area contributed by atoms with E-state index in [4.69, 9.17) is 4.74 Å². The standard InChI is InChI=1S/C26H22F2N2O3/c1-4-33-20-10-6-17(7-11-20)23-24(29-19-9-5-15(2)16(3)13-19)26(32)30(25(23)31)22-14-18(27)8-12-21(22)28/h5-14,29H,4H2,1-3H3. The van der Waals surface area contributed by atoms with Gasteiger partial charge in [-0.25, -0.2) is 13.7 Å². The second kappa shape index (κ2) is 8.86. The van der Waals surface area contributed by atoms with Gasteiger partial charge in [0.05, 0.1) is 17.9 Å². The Morgan fingerprint density at radius 2 is 1.61 bits per heavy atom. The van der Waals surface area contributed by atoms with E-state index in [-0.39, 0.29) is 11.3 Å². The van der Waals surface area contributed by atoms with Crippen LogP contribution in [0.1, 0.15) is 23.6 Å². The minimum atomic E-state index is -0.878. The van der Waals surface area contributed by atoms with Gasteiger partial charge in [-0.2, -0.15) is 0 Å². The number of hydrogen-bond acceptors (Lipinski definition) is 4. The Morgan fingerprint density at radius 1 is 0.879 bits per heavy atom. The number of anilines is 2. The molecule has 0 unspecified atom stereocenters. The first-order chi connectivity index (χ1) is 15.8. The number of rotatable bonds is 6. The van der Waals surface area contributed by atoms with Crippen molar-refractivity contribution in [2.45, 2.75) is 20.8 Å². The number of nitrogens with one attached hydrogen (secondary N) is 1. The van der Waals surface area contributed by atoms with Gasteiger partial charge in [0, 0.05) is 11.8 Å². The molecular formula is C26H22F2N2O3.